The fraction of sp³-hybridized carbons (Fsp3) is 0.314. The Kier molecular flexibility index (Phi) is 7.27. The van der Waals surface area contributed by atoms with Gasteiger partial charge in [0.25, 0.3) is 0 Å². The van der Waals surface area contributed by atoms with Crippen molar-refractivity contribution in [1.29, 1.82) is 0 Å². The van der Waals surface area contributed by atoms with Crippen LogP contribution in [-0.4, -0.2) is 49.9 Å². The summed E-state index contributed by atoms with van der Waals surface area (Å²) in [6.07, 6.45) is 5.94. The van der Waals surface area contributed by atoms with Gasteiger partial charge < -0.3 is 23.9 Å². The van der Waals surface area contributed by atoms with Gasteiger partial charge in [-0.1, -0.05) is 36.4 Å². The lowest BCUT2D eigenvalue weighted by molar-refractivity contribution is 0.0178. The van der Waals surface area contributed by atoms with Gasteiger partial charge >= 0.3 is 12.1 Å². The van der Waals surface area contributed by atoms with E-state index in [1.165, 1.54) is 10.9 Å². The molecule has 1 saturated heterocycles. The van der Waals surface area contributed by atoms with E-state index < -0.39 is 11.6 Å². The second-order valence-electron chi connectivity index (χ2n) is 12.4. The van der Waals surface area contributed by atoms with Gasteiger partial charge in [-0.25, -0.2) is 9.59 Å². The Bertz CT molecular complexity index is 1770. The number of carbonyl (C=O) groups excluding carboxylic acids is 1. The van der Waals surface area contributed by atoms with E-state index in [0.29, 0.717) is 18.0 Å². The molecular weight excluding hydrogens is 526 g/mol. The van der Waals surface area contributed by atoms with Crippen molar-refractivity contribution in [2.75, 3.05) is 13.1 Å². The molecule has 7 nitrogen and oxygen atoms in total. The molecule has 0 atom stereocenters. The van der Waals surface area contributed by atoms with E-state index in [1.807, 2.05) is 31.7 Å². The summed E-state index contributed by atoms with van der Waals surface area (Å²) in [5.74, 6) is -0.412. The van der Waals surface area contributed by atoms with Crippen LogP contribution in [0.2, 0.25) is 0 Å². The van der Waals surface area contributed by atoms with Crippen molar-refractivity contribution >= 4 is 33.9 Å². The molecule has 216 valence electrons. The van der Waals surface area contributed by atoms with Gasteiger partial charge in [0, 0.05) is 49.6 Å². The van der Waals surface area contributed by atoms with Crippen LogP contribution in [0.15, 0.2) is 85.2 Å². The Balaban J connectivity index is 1.20. The number of rotatable bonds is 6. The number of piperidine rings is 1. The van der Waals surface area contributed by atoms with Crippen molar-refractivity contribution in [3.63, 3.8) is 0 Å². The lowest BCUT2D eigenvalue weighted by atomic mass is 9.97. The predicted molar refractivity (Wildman–Crippen MR) is 166 cm³/mol. The summed E-state index contributed by atoms with van der Waals surface area (Å²) in [7, 11) is 0. The molecule has 42 heavy (non-hydrogen) atoms. The molecule has 0 radical (unpaired) electrons. The Hall–Kier alpha value is -4.52. The monoisotopic (exact) mass is 563 g/mol. The van der Waals surface area contributed by atoms with Gasteiger partial charge in [0.2, 0.25) is 0 Å². The van der Waals surface area contributed by atoms with Crippen LogP contribution in [0.4, 0.5) is 4.79 Å². The van der Waals surface area contributed by atoms with Crippen molar-refractivity contribution in [2.45, 2.75) is 52.3 Å². The van der Waals surface area contributed by atoms with Gasteiger partial charge in [0.05, 0.1) is 5.56 Å². The third-order valence-electron chi connectivity index (χ3n) is 8.13. The normalized spacial score (nSPS) is 14.5. The van der Waals surface area contributed by atoms with Gasteiger partial charge in [0.1, 0.15) is 5.60 Å². The van der Waals surface area contributed by atoms with Crippen LogP contribution >= 0.6 is 0 Å². The summed E-state index contributed by atoms with van der Waals surface area (Å²) in [6.45, 7) is 8.69. The predicted octanol–water partition coefficient (Wildman–Crippen LogP) is 7.66. The smallest absolute Gasteiger partial charge is 0.410 e. The summed E-state index contributed by atoms with van der Waals surface area (Å²) < 4.78 is 10.1. The summed E-state index contributed by atoms with van der Waals surface area (Å²) in [5.41, 5.74) is 5.40. The molecule has 7 heteroatoms. The first-order valence-electron chi connectivity index (χ1n) is 14.6. The lowest BCUT2D eigenvalue weighted by Gasteiger charge is -2.33. The zero-order chi connectivity index (χ0) is 29.4. The number of carboxylic acids is 1. The number of aromatic carboxylic acids is 1. The van der Waals surface area contributed by atoms with Gasteiger partial charge in [-0.2, -0.15) is 0 Å². The molecule has 3 heterocycles. The summed E-state index contributed by atoms with van der Waals surface area (Å²) >= 11 is 0. The molecule has 1 aliphatic heterocycles. The number of likely N-dealkylation sites (tertiary alicyclic amines) is 1. The third-order valence-corrected chi connectivity index (χ3v) is 8.13. The topological polar surface area (TPSA) is 76.7 Å². The number of hydrogen-bond acceptors (Lipinski definition) is 3. The number of amides is 1. The van der Waals surface area contributed by atoms with Crippen molar-refractivity contribution in [2.24, 2.45) is 5.92 Å². The Morgan fingerprint density at radius 3 is 2.07 bits per heavy atom. The maximum atomic E-state index is 12.5. The molecule has 0 spiro atoms. The number of nitrogens with zero attached hydrogens (tertiary/aromatic N) is 3. The second kappa shape index (κ2) is 11.0. The number of carboxylic acid groups (broad SMARTS) is 1. The molecule has 0 bridgehead atoms. The Labute approximate surface area is 245 Å². The molecule has 1 N–H and O–H groups in total. The van der Waals surface area contributed by atoms with E-state index in [2.05, 4.69) is 70.1 Å². The SMILES string of the molecule is CC(C)(C)OC(=O)N1CCC(Cn2ccc3ccc(-c4ccc5ccn(Cc6cccc(C(=O)O)c6)c5c4)cc32)CC1. The number of carbonyl (C=O) groups is 2. The van der Waals surface area contributed by atoms with Gasteiger partial charge in [0.15, 0.2) is 0 Å². The van der Waals surface area contributed by atoms with E-state index in [-0.39, 0.29) is 6.09 Å². The minimum atomic E-state index is -0.914. The molecule has 1 fully saturated rings. The first-order chi connectivity index (χ1) is 20.1. The molecule has 1 aliphatic rings. The van der Waals surface area contributed by atoms with Gasteiger partial charge in [-0.15, -0.1) is 0 Å². The van der Waals surface area contributed by atoms with Crippen molar-refractivity contribution in [3.05, 3.63) is 96.3 Å². The largest absolute Gasteiger partial charge is 0.478 e. The van der Waals surface area contributed by atoms with Crippen LogP contribution < -0.4 is 0 Å². The fourth-order valence-electron chi connectivity index (χ4n) is 5.93. The zero-order valence-electron chi connectivity index (χ0n) is 24.4. The van der Waals surface area contributed by atoms with Crippen LogP contribution in [0, 0.1) is 5.92 Å². The van der Waals surface area contributed by atoms with Crippen molar-refractivity contribution in [1.82, 2.24) is 14.0 Å². The average Bonchev–Trinajstić information content (AvgIpc) is 3.55. The Morgan fingerprint density at radius 1 is 0.833 bits per heavy atom. The summed E-state index contributed by atoms with van der Waals surface area (Å²) in [5, 5.41) is 11.7. The molecule has 5 aromatic rings. The first-order valence-corrected chi connectivity index (χ1v) is 14.6. The summed E-state index contributed by atoms with van der Waals surface area (Å²) in [4.78, 5) is 25.7. The van der Waals surface area contributed by atoms with Crippen LogP contribution in [0.25, 0.3) is 32.9 Å². The second-order valence-corrected chi connectivity index (χ2v) is 12.4. The molecule has 0 unspecified atom stereocenters. The van der Waals surface area contributed by atoms with Crippen LogP contribution in [0.5, 0.6) is 0 Å². The highest BCUT2D eigenvalue weighted by Gasteiger charge is 2.27. The minimum absolute atomic E-state index is 0.214. The highest BCUT2D eigenvalue weighted by molar-refractivity contribution is 5.90. The molecule has 1 amide bonds. The molecule has 2 aromatic heterocycles. The maximum Gasteiger partial charge on any atom is 0.410 e. The number of fused-ring (bicyclic) bond motifs is 2. The minimum Gasteiger partial charge on any atom is -0.478 e. The third kappa shape index (κ3) is 5.91. The number of ether oxygens (including phenoxy) is 1. The van der Waals surface area contributed by atoms with Crippen LogP contribution in [0.3, 0.4) is 0 Å². The van der Waals surface area contributed by atoms with Crippen LogP contribution in [-0.2, 0) is 17.8 Å². The molecular formula is C35H37N3O4. The Morgan fingerprint density at radius 2 is 1.45 bits per heavy atom. The van der Waals surface area contributed by atoms with Crippen molar-refractivity contribution < 1.29 is 19.4 Å². The molecule has 3 aromatic carbocycles. The van der Waals surface area contributed by atoms with E-state index in [1.54, 1.807) is 18.2 Å². The lowest BCUT2D eigenvalue weighted by Crippen LogP contribution is -2.42. The molecule has 6 rings (SSSR count). The molecule has 0 aliphatic carbocycles. The standard InChI is InChI=1S/C35H37N3O4/c1-35(2,3)42-34(41)36-15-11-24(12-16-36)22-37-17-13-26-7-9-28(20-31(26)37)29-10-8-27-14-18-38(32(27)21-29)23-25-5-4-6-30(19-25)33(39)40/h4-10,13-14,17-21,24H,11-12,15-16,22-23H2,1-3H3,(H,39,40). The van der Waals surface area contributed by atoms with E-state index >= 15 is 0 Å². The highest BCUT2D eigenvalue weighted by Crippen LogP contribution is 2.30. The van der Waals surface area contributed by atoms with E-state index in [0.717, 1.165) is 60.1 Å². The van der Waals surface area contributed by atoms with Crippen LogP contribution in [0.1, 0.15) is 49.5 Å². The van der Waals surface area contributed by atoms with E-state index in [9.17, 15) is 14.7 Å². The van der Waals surface area contributed by atoms with Gasteiger partial charge in [-0.3, -0.25) is 0 Å². The van der Waals surface area contributed by atoms with Gasteiger partial charge in [-0.05, 0) is 103 Å². The van der Waals surface area contributed by atoms with E-state index in [4.69, 9.17) is 4.74 Å². The number of aromatic nitrogens is 2. The number of hydrogen-bond donors (Lipinski definition) is 1. The maximum absolute atomic E-state index is 12.5. The average molecular weight is 564 g/mol. The highest BCUT2D eigenvalue weighted by atomic mass is 16.6. The first kappa shape index (κ1) is 27.6. The molecule has 0 saturated carbocycles. The van der Waals surface area contributed by atoms with Crippen molar-refractivity contribution in [3.8, 4) is 11.1 Å². The number of benzene rings is 3. The quantitative estimate of drug-likeness (QED) is 0.230. The summed E-state index contributed by atoms with van der Waals surface area (Å²) in [6, 6.07) is 24.6. The fourth-order valence-corrected chi connectivity index (χ4v) is 5.93. The zero-order valence-corrected chi connectivity index (χ0v) is 24.4.